The average Bonchev–Trinajstić information content (AvgIpc) is 3.08. The molecular weight excluding hydrogens is 236 g/mol. The molecule has 0 aliphatic heterocycles. The second-order valence-electron chi connectivity index (χ2n) is 5.95. The van der Waals surface area contributed by atoms with Gasteiger partial charge in [0, 0.05) is 12.3 Å². The zero-order valence-corrected chi connectivity index (χ0v) is 11.7. The molecule has 2 aliphatic carbocycles. The Labute approximate surface area is 115 Å². The normalized spacial score (nSPS) is 22.5. The summed E-state index contributed by atoms with van der Waals surface area (Å²) in [5.74, 6) is 2.20. The van der Waals surface area contributed by atoms with Crippen molar-refractivity contribution >= 4 is 5.78 Å². The lowest BCUT2D eigenvalue weighted by Crippen LogP contribution is -2.13. The van der Waals surface area contributed by atoms with Crippen LogP contribution >= 0.6 is 0 Å². The van der Waals surface area contributed by atoms with Gasteiger partial charge in [-0.25, -0.2) is 0 Å². The monoisotopic (exact) mass is 258 g/mol. The lowest BCUT2D eigenvalue weighted by atomic mass is 9.90. The second-order valence-corrected chi connectivity index (χ2v) is 5.95. The molecule has 1 atom stereocenters. The first-order valence-electron chi connectivity index (χ1n) is 7.47. The highest BCUT2D eigenvalue weighted by Crippen LogP contribution is 2.39. The van der Waals surface area contributed by atoms with Gasteiger partial charge in [0.05, 0.1) is 7.11 Å². The van der Waals surface area contributed by atoms with Crippen LogP contribution in [0.15, 0.2) is 18.2 Å². The van der Waals surface area contributed by atoms with Gasteiger partial charge >= 0.3 is 0 Å². The van der Waals surface area contributed by atoms with E-state index in [2.05, 4.69) is 12.1 Å². The topological polar surface area (TPSA) is 26.3 Å². The summed E-state index contributed by atoms with van der Waals surface area (Å²) >= 11 is 0. The zero-order valence-electron chi connectivity index (χ0n) is 11.7. The third-order valence-electron chi connectivity index (χ3n) is 4.81. The minimum Gasteiger partial charge on any atom is -0.497 e. The Morgan fingerprint density at radius 1 is 1.26 bits per heavy atom. The van der Waals surface area contributed by atoms with Gasteiger partial charge in [0.2, 0.25) is 0 Å². The number of ketones is 1. The van der Waals surface area contributed by atoms with Crippen LogP contribution in [0.1, 0.15) is 55.6 Å². The third-order valence-corrected chi connectivity index (χ3v) is 4.81. The number of carbonyl (C=O) groups excluding carboxylic acids is 1. The van der Waals surface area contributed by atoms with Crippen molar-refractivity contribution in [1.29, 1.82) is 0 Å². The van der Waals surface area contributed by atoms with Crippen molar-refractivity contribution in [2.45, 2.75) is 50.9 Å². The Bertz CT molecular complexity index is 472. The summed E-state index contributed by atoms with van der Waals surface area (Å²) in [7, 11) is 1.70. The van der Waals surface area contributed by atoms with Crippen LogP contribution in [0.2, 0.25) is 0 Å². The molecule has 1 aromatic carbocycles. The van der Waals surface area contributed by atoms with Crippen molar-refractivity contribution in [3.05, 3.63) is 29.3 Å². The number of carbonyl (C=O) groups is 1. The second kappa shape index (κ2) is 5.36. The molecule has 1 aromatic rings. The van der Waals surface area contributed by atoms with E-state index in [1.807, 2.05) is 6.07 Å². The first-order valence-corrected chi connectivity index (χ1v) is 7.47. The van der Waals surface area contributed by atoms with Crippen LogP contribution in [0.4, 0.5) is 0 Å². The van der Waals surface area contributed by atoms with Crippen LogP contribution in [0.3, 0.4) is 0 Å². The molecule has 0 heterocycles. The summed E-state index contributed by atoms with van der Waals surface area (Å²) in [5.41, 5.74) is 2.76. The highest BCUT2D eigenvalue weighted by atomic mass is 16.5. The highest BCUT2D eigenvalue weighted by Gasteiger charge is 2.29. The molecule has 0 spiro atoms. The number of methoxy groups -OCH3 is 1. The maximum Gasteiger partial charge on any atom is 0.136 e. The molecule has 0 bridgehead atoms. The van der Waals surface area contributed by atoms with Crippen LogP contribution in [-0.4, -0.2) is 12.9 Å². The summed E-state index contributed by atoms with van der Waals surface area (Å²) in [6.07, 6.45) is 7.71. The van der Waals surface area contributed by atoms with E-state index in [9.17, 15) is 4.79 Å². The third kappa shape index (κ3) is 2.54. The maximum absolute atomic E-state index is 12.3. The highest BCUT2D eigenvalue weighted by molar-refractivity contribution is 5.82. The summed E-state index contributed by atoms with van der Waals surface area (Å²) in [4.78, 5) is 12.3. The fourth-order valence-electron chi connectivity index (χ4n) is 3.66. The van der Waals surface area contributed by atoms with Gasteiger partial charge in [-0.1, -0.05) is 18.9 Å². The van der Waals surface area contributed by atoms with E-state index in [1.54, 1.807) is 7.11 Å². The van der Waals surface area contributed by atoms with Crippen LogP contribution in [0.5, 0.6) is 5.75 Å². The van der Waals surface area contributed by atoms with Gasteiger partial charge < -0.3 is 4.74 Å². The lowest BCUT2D eigenvalue weighted by Gasteiger charge is -2.14. The smallest absolute Gasteiger partial charge is 0.136 e. The summed E-state index contributed by atoms with van der Waals surface area (Å²) in [5, 5.41) is 0. The predicted octanol–water partition coefficient (Wildman–Crippen LogP) is 3.87. The van der Waals surface area contributed by atoms with E-state index in [1.165, 1.54) is 24.0 Å². The van der Waals surface area contributed by atoms with Crippen molar-refractivity contribution in [1.82, 2.24) is 0 Å². The molecule has 19 heavy (non-hydrogen) atoms. The van der Waals surface area contributed by atoms with Gasteiger partial charge in [-0.15, -0.1) is 0 Å². The van der Waals surface area contributed by atoms with Crippen molar-refractivity contribution in [3.8, 4) is 5.75 Å². The molecule has 102 valence electrons. The zero-order chi connectivity index (χ0) is 13.2. The van der Waals surface area contributed by atoms with Crippen LogP contribution < -0.4 is 4.74 Å². The lowest BCUT2D eigenvalue weighted by molar-refractivity contribution is -0.123. The summed E-state index contributed by atoms with van der Waals surface area (Å²) < 4.78 is 5.31. The fraction of sp³-hybridized carbons (Fsp3) is 0.588. The van der Waals surface area contributed by atoms with Gasteiger partial charge in [-0.3, -0.25) is 4.79 Å². The first-order chi connectivity index (χ1) is 9.28. The number of aryl methyl sites for hydroxylation is 1. The van der Waals surface area contributed by atoms with E-state index in [0.717, 1.165) is 37.9 Å². The van der Waals surface area contributed by atoms with Crippen LogP contribution in [0.25, 0.3) is 0 Å². The predicted molar refractivity (Wildman–Crippen MR) is 75.6 cm³/mol. The molecule has 0 radical (unpaired) electrons. The van der Waals surface area contributed by atoms with Crippen molar-refractivity contribution < 1.29 is 9.53 Å². The van der Waals surface area contributed by atoms with E-state index in [4.69, 9.17) is 4.74 Å². The Morgan fingerprint density at radius 2 is 2.05 bits per heavy atom. The van der Waals surface area contributed by atoms with E-state index >= 15 is 0 Å². The molecule has 0 unspecified atom stereocenters. The molecule has 0 N–H and O–H groups in total. The molecule has 2 aliphatic rings. The molecule has 0 saturated heterocycles. The number of benzene rings is 1. The first kappa shape index (κ1) is 12.7. The van der Waals surface area contributed by atoms with Gasteiger partial charge in [0.25, 0.3) is 0 Å². The van der Waals surface area contributed by atoms with E-state index < -0.39 is 0 Å². The molecule has 2 nitrogen and oxygen atoms in total. The Kier molecular flexibility index (Phi) is 3.58. The number of hydrogen-bond donors (Lipinski definition) is 0. The Hall–Kier alpha value is -1.31. The quantitative estimate of drug-likeness (QED) is 0.819. The fourth-order valence-corrected chi connectivity index (χ4v) is 3.66. The minimum atomic E-state index is 0.356. The number of Topliss-reactive ketones (excluding diaryl/α,β-unsaturated/α-hetero) is 1. The number of fused-ring (bicyclic) bond motifs is 1. The van der Waals surface area contributed by atoms with Crippen LogP contribution in [0, 0.1) is 5.92 Å². The summed E-state index contributed by atoms with van der Waals surface area (Å²) in [6, 6.07) is 6.32. The number of rotatable bonds is 4. The molecular formula is C17H22O2. The minimum absolute atomic E-state index is 0.356. The maximum atomic E-state index is 12.3. The Balaban J connectivity index is 1.72. The largest absolute Gasteiger partial charge is 0.497 e. The molecule has 3 rings (SSSR count). The van der Waals surface area contributed by atoms with Crippen LogP contribution in [-0.2, 0) is 11.2 Å². The Morgan fingerprint density at radius 3 is 2.79 bits per heavy atom. The van der Waals surface area contributed by atoms with Gasteiger partial charge in [0.1, 0.15) is 11.5 Å². The number of ether oxygens (including phenoxy) is 1. The molecule has 1 fully saturated rings. The summed E-state index contributed by atoms with van der Waals surface area (Å²) in [6.45, 7) is 0. The molecule has 0 aromatic heterocycles. The molecule has 0 amide bonds. The SMILES string of the molecule is COc1ccc2c(c1)[C@@H](CC(=O)C1CCCC1)CC2. The van der Waals surface area contributed by atoms with Crippen molar-refractivity contribution in [3.63, 3.8) is 0 Å². The molecule has 1 saturated carbocycles. The molecule has 2 heteroatoms. The van der Waals surface area contributed by atoms with Gasteiger partial charge in [-0.2, -0.15) is 0 Å². The van der Waals surface area contributed by atoms with Crippen molar-refractivity contribution in [2.24, 2.45) is 5.92 Å². The standard InChI is InChI=1S/C17H22O2/c1-19-15-9-8-12-6-7-14(16(12)11-15)10-17(18)13-4-2-3-5-13/h8-9,11,13-14H,2-7,10H2,1H3/t14-/m1/s1. The van der Waals surface area contributed by atoms with E-state index in [-0.39, 0.29) is 0 Å². The number of hydrogen-bond acceptors (Lipinski definition) is 2. The van der Waals surface area contributed by atoms with Gasteiger partial charge in [-0.05, 0) is 54.9 Å². The van der Waals surface area contributed by atoms with Gasteiger partial charge in [0.15, 0.2) is 0 Å². The van der Waals surface area contributed by atoms with Crippen molar-refractivity contribution in [2.75, 3.05) is 7.11 Å². The average molecular weight is 258 g/mol. The van der Waals surface area contributed by atoms with E-state index in [0.29, 0.717) is 17.6 Å².